The van der Waals surface area contributed by atoms with Gasteiger partial charge >= 0.3 is 0 Å². The van der Waals surface area contributed by atoms with Gasteiger partial charge in [0.2, 0.25) is 0 Å². The van der Waals surface area contributed by atoms with Crippen molar-refractivity contribution in [3.63, 3.8) is 0 Å². The highest BCUT2D eigenvalue weighted by molar-refractivity contribution is 7.90. The predicted molar refractivity (Wildman–Crippen MR) is 137 cm³/mol. The topological polar surface area (TPSA) is 70.6 Å². The van der Waals surface area contributed by atoms with Gasteiger partial charge in [-0.2, -0.15) is 0 Å². The SMILES string of the molecule is [2H]C([2H])(c1ccccc1)N1CCN(C(=O)c2ccc(CS(=O)(=O)c3cccc4cccnc34)cc2)CC1. The highest BCUT2D eigenvalue weighted by atomic mass is 32.2. The summed E-state index contributed by atoms with van der Waals surface area (Å²) in [6, 6.07) is 24.4. The van der Waals surface area contributed by atoms with Gasteiger partial charge in [-0.25, -0.2) is 8.42 Å². The molecule has 1 aromatic heterocycles. The van der Waals surface area contributed by atoms with E-state index in [1.54, 1.807) is 70.6 Å². The van der Waals surface area contributed by atoms with Crippen LogP contribution in [-0.4, -0.2) is 55.3 Å². The van der Waals surface area contributed by atoms with Crippen molar-refractivity contribution in [1.82, 2.24) is 14.8 Å². The molecule has 3 aromatic carbocycles. The van der Waals surface area contributed by atoms with Crippen molar-refractivity contribution in [2.24, 2.45) is 0 Å². The van der Waals surface area contributed by atoms with E-state index in [2.05, 4.69) is 4.98 Å². The molecule has 0 saturated carbocycles. The van der Waals surface area contributed by atoms with E-state index in [1.165, 1.54) is 0 Å². The average Bonchev–Trinajstić information content (AvgIpc) is 2.93. The minimum atomic E-state index is -3.64. The Hall–Kier alpha value is -3.55. The van der Waals surface area contributed by atoms with E-state index >= 15 is 0 Å². The van der Waals surface area contributed by atoms with Crippen molar-refractivity contribution in [2.75, 3.05) is 26.2 Å². The molecule has 0 unspecified atom stereocenters. The van der Waals surface area contributed by atoms with Crippen molar-refractivity contribution in [2.45, 2.75) is 17.1 Å². The van der Waals surface area contributed by atoms with E-state index in [1.807, 2.05) is 30.3 Å². The van der Waals surface area contributed by atoms with Crippen LogP contribution in [0.2, 0.25) is 0 Å². The molecule has 6 nitrogen and oxygen atoms in total. The van der Waals surface area contributed by atoms with E-state index in [9.17, 15) is 13.2 Å². The van der Waals surface area contributed by atoms with Crippen LogP contribution in [0, 0.1) is 0 Å². The molecule has 0 aliphatic carbocycles. The Balaban J connectivity index is 1.24. The number of nitrogens with zero attached hydrogens (tertiary/aromatic N) is 3. The summed E-state index contributed by atoms with van der Waals surface area (Å²) < 4.78 is 43.4. The van der Waals surface area contributed by atoms with Gasteiger partial charge in [0.1, 0.15) is 0 Å². The summed E-state index contributed by atoms with van der Waals surface area (Å²) in [5, 5.41) is 0.765. The Morgan fingerprint density at radius 3 is 2.29 bits per heavy atom. The summed E-state index contributed by atoms with van der Waals surface area (Å²) >= 11 is 0. The molecule has 5 rings (SSSR count). The zero-order valence-electron chi connectivity index (χ0n) is 21.2. The van der Waals surface area contributed by atoms with E-state index in [0.29, 0.717) is 48.4 Å². The number of benzene rings is 3. The van der Waals surface area contributed by atoms with Crippen molar-refractivity contribution < 1.29 is 16.0 Å². The number of rotatable bonds is 6. The van der Waals surface area contributed by atoms with E-state index in [-0.39, 0.29) is 16.6 Å². The smallest absolute Gasteiger partial charge is 0.253 e. The summed E-state index contributed by atoms with van der Waals surface area (Å²) in [6.07, 6.45) is 1.58. The number of aromatic nitrogens is 1. The van der Waals surface area contributed by atoms with Crippen molar-refractivity contribution in [1.29, 1.82) is 0 Å². The Morgan fingerprint density at radius 1 is 0.829 bits per heavy atom. The third kappa shape index (κ3) is 5.26. The van der Waals surface area contributed by atoms with Crippen LogP contribution in [-0.2, 0) is 22.1 Å². The third-order valence-corrected chi connectivity index (χ3v) is 7.83. The first-order valence-corrected chi connectivity index (χ1v) is 13.2. The van der Waals surface area contributed by atoms with Crippen molar-refractivity contribution in [3.8, 4) is 0 Å². The summed E-state index contributed by atoms with van der Waals surface area (Å²) in [4.78, 5) is 21.0. The van der Waals surface area contributed by atoms with Gasteiger partial charge in [0.15, 0.2) is 9.84 Å². The first-order chi connectivity index (χ1) is 17.8. The number of pyridine rings is 1. The molecular formula is C28H27N3O3S. The van der Waals surface area contributed by atoms with Gasteiger partial charge in [-0.1, -0.05) is 60.7 Å². The maximum Gasteiger partial charge on any atom is 0.253 e. The molecular weight excluding hydrogens is 458 g/mol. The Bertz CT molecular complexity index is 1510. The first-order valence-electron chi connectivity index (χ1n) is 12.5. The minimum absolute atomic E-state index is 0.146. The number of para-hydroxylation sites is 1. The van der Waals surface area contributed by atoms with E-state index in [4.69, 9.17) is 2.74 Å². The lowest BCUT2D eigenvalue weighted by molar-refractivity contribution is 0.0628. The van der Waals surface area contributed by atoms with Gasteiger partial charge in [-0.15, -0.1) is 0 Å². The molecule has 1 aliphatic heterocycles. The molecule has 35 heavy (non-hydrogen) atoms. The molecule has 1 saturated heterocycles. The van der Waals surface area contributed by atoms with Crippen molar-refractivity contribution >= 4 is 26.6 Å². The number of carbonyl (C=O) groups is 1. The van der Waals surface area contributed by atoms with Crippen molar-refractivity contribution in [3.05, 3.63) is 108 Å². The molecule has 0 bridgehead atoms. The normalized spacial score (nSPS) is 16.1. The van der Waals surface area contributed by atoms with Crippen LogP contribution in [0.3, 0.4) is 0 Å². The number of fused-ring (bicyclic) bond motifs is 1. The Kier molecular flexibility index (Phi) is 5.93. The standard InChI is InChI=1S/C28H27N3O3S/c32-28(31-18-16-30(17-19-31)20-22-6-2-1-3-7-22)25-13-11-23(12-14-25)21-35(33,34)26-10-4-8-24-9-5-15-29-27(24)26/h1-15H,16-21H2/i20D2. The van der Waals surface area contributed by atoms with Gasteiger partial charge in [-0.05, 0) is 35.4 Å². The molecule has 1 aliphatic rings. The molecule has 1 fully saturated rings. The van der Waals surface area contributed by atoms with E-state index in [0.717, 1.165) is 5.39 Å². The quantitative estimate of drug-likeness (QED) is 0.408. The fourth-order valence-corrected chi connectivity index (χ4v) is 5.80. The first kappa shape index (κ1) is 20.8. The second-order valence-electron chi connectivity index (χ2n) is 8.54. The minimum Gasteiger partial charge on any atom is -0.336 e. The summed E-state index contributed by atoms with van der Waals surface area (Å²) in [7, 11) is -3.64. The zero-order valence-corrected chi connectivity index (χ0v) is 20.0. The Labute approximate surface area is 208 Å². The molecule has 4 aromatic rings. The Morgan fingerprint density at radius 2 is 1.54 bits per heavy atom. The second-order valence-corrected chi connectivity index (χ2v) is 10.5. The predicted octanol–water partition coefficient (Wildman–Crippen LogP) is 4.17. The number of carbonyl (C=O) groups excluding carboxylic acids is 1. The molecule has 7 heteroatoms. The number of hydrogen-bond donors (Lipinski definition) is 0. The van der Waals surface area contributed by atoms with Crippen LogP contribution in [0.1, 0.15) is 24.2 Å². The second kappa shape index (κ2) is 9.98. The number of amides is 1. The average molecular weight is 488 g/mol. The zero-order chi connectivity index (χ0) is 26.0. The summed E-state index contributed by atoms with van der Waals surface area (Å²) in [5.41, 5.74) is 2.12. The number of piperazine rings is 1. The molecule has 1 amide bonds. The molecule has 0 atom stereocenters. The monoisotopic (exact) mass is 487 g/mol. The van der Waals surface area contributed by atoms with Crippen LogP contribution < -0.4 is 0 Å². The van der Waals surface area contributed by atoms with E-state index < -0.39 is 16.3 Å². The van der Waals surface area contributed by atoms with Crippen LogP contribution in [0.15, 0.2) is 96.0 Å². The molecule has 2 heterocycles. The maximum absolute atomic E-state index is 13.1. The lowest BCUT2D eigenvalue weighted by atomic mass is 10.1. The number of hydrogen-bond acceptors (Lipinski definition) is 5. The summed E-state index contributed by atoms with van der Waals surface area (Å²) in [5.74, 6) is -0.336. The van der Waals surface area contributed by atoms with Crippen LogP contribution in [0.5, 0.6) is 0 Å². The fourth-order valence-electron chi connectivity index (χ4n) is 4.27. The fraction of sp³-hybridized carbons (Fsp3) is 0.214. The van der Waals surface area contributed by atoms with Gasteiger partial charge < -0.3 is 4.90 Å². The largest absolute Gasteiger partial charge is 0.336 e. The van der Waals surface area contributed by atoms with Gasteiger partial charge in [0.05, 0.1) is 16.2 Å². The van der Waals surface area contributed by atoms with Crippen LogP contribution in [0.25, 0.3) is 10.9 Å². The highest BCUT2D eigenvalue weighted by Gasteiger charge is 2.23. The van der Waals surface area contributed by atoms with Gasteiger partial charge in [0.25, 0.3) is 5.91 Å². The van der Waals surface area contributed by atoms with Crippen LogP contribution in [0.4, 0.5) is 0 Å². The lowest BCUT2D eigenvalue weighted by Crippen LogP contribution is -2.48. The molecule has 178 valence electrons. The van der Waals surface area contributed by atoms with Gasteiger partial charge in [-0.3, -0.25) is 14.7 Å². The highest BCUT2D eigenvalue weighted by Crippen LogP contribution is 2.24. The summed E-state index contributed by atoms with van der Waals surface area (Å²) in [6.45, 7) is 0.0555. The third-order valence-electron chi connectivity index (χ3n) is 6.12. The maximum atomic E-state index is 13.1. The number of sulfone groups is 1. The molecule has 0 N–H and O–H groups in total. The van der Waals surface area contributed by atoms with Crippen LogP contribution >= 0.6 is 0 Å². The van der Waals surface area contributed by atoms with Gasteiger partial charge in [0, 0.05) is 52.6 Å². The molecule has 0 spiro atoms. The molecule has 0 radical (unpaired) electrons. The lowest BCUT2D eigenvalue weighted by Gasteiger charge is -2.34.